The number of halogens is 1. The number of rotatable bonds is 3. The molecule has 2 heteroatoms. The van der Waals surface area contributed by atoms with Crippen LogP contribution < -0.4 is 0 Å². The Hall–Kier alpha value is 0. The molecular weight excluding hydrogens is 180 g/mol. The number of hydrogen-bond donors (Lipinski definition) is 1. The Labute approximate surface area is 64.6 Å². The molecule has 0 heterocycles. The van der Waals surface area contributed by atoms with Crippen molar-refractivity contribution in [2.75, 3.05) is 5.33 Å². The van der Waals surface area contributed by atoms with Gasteiger partial charge in [-0.05, 0) is 12.8 Å². The molecule has 0 saturated heterocycles. The molecule has 0 rings (SSSR count). The molecule has 9 heavy (non-hydrogen) atoms. The van der Waals surface area contributed by atoms with Crippen LogP contribution in [0.3, 0.4) is 0 Å². The van der Waals surface area contributed by atoms with Crippen molar-refractivity contribution in [2.45, 2.75) is 25.4 Å². The minimum Gasteiger partial charge on any atom is -0.378 e. The Bertz CT molecular complexity index is 117. The van der Waals surface area contributed by atoms with Gasteiger partial charge in [0.15, 0.2) is 0 Å². The predicted molar refractivity (Wildman–Crippen MR) is 42.5 cm³/mol. The van der Waals surface area contributed by atoms with Crippen molar-refractivity contribution in [1.29, 1.82) is 0 Å². The lowest BCUT2D eigenvalue weighted by Crippen LogP contribution is -2.25. The molecule has 1 atom stereocenters. The van der Waals surface area contributed by atoms with E-state index in [0.717, 1.165) is 5.33 Å². The Morgan fingerprint density at radius 3 is 2.44 bits per heavy atom. The van der Waals surface area contributed by atoms with E-state index in [1.807, 2.05) is 6.92 Å². The van der Waals surface area contributed by atoms with E-state index in [1.54, 1.807) is 0 Å². The van der Waals surface area contributed by atoms with E-state index in [9.17, 15) is 5.11 Å². The second-order valence-corrected chi connectivity index (χ2v) is 2.76. The molecule has 0 aliphatic heterocycles. The highest BCUT2D eigenvalue weighted by Gasteiger charge is 2.19. The summed E-state index contributed by atoms with van der Waals surface area (Å²) in [6.45, 7) is 1.88. The minimum absolute atomic E-state index is 0.620. The second-order valence-electron chi connectivity index (χ2n) is 1.97. The third kappa shape index (κ3) is 2.88. The minimum atomic E-state index is -0.885. The van der Waals surface area contributed by atoms with Crippen molar-refractivity contribution in [3.05, 3.63) is 0 Å². The summed E-state index contributed by atoms with van der Waals surface area (Å²) in [4.78, 5) is 0. The number of alkyl halides is 1. The topological polar surface area (TPSA) is 20.2 Å². The smallest absolute Gasteiger partial charge is 0.125 e. The normalized spacial score (nSPS) is 16.2. The first kappa shape index (κ1) is 9.00. The van der Waals surface area contributed by atoms with Gasteiger partial charge in [-0.1, -0.05) is 28.8 Å². The summed E-state index contributed by atoms with van der Waals surface area (Å²) < 4.78 is 0. The van der Waals surface area contributed by atoms with E-state index in [0.29, 0.717) is 12.8 Å². The fraction of sp³-hybridized carbons (Fsp3) is 0.714. The molecule has 1 N–H and O–H groups in total. The van der Waals surface area contributed by atoms with Crippen molar-refractivity contribution < 1.29 is 5.11 Å². The van der Waals surface area contributed by atoms with Gasteiger partial charge in [0.05, 0.1) is 0 Å². The summed E-state index contributed by atoms with van der Waals surface area (Å²) in [5.41, 5.74) is -0.885. The molecule has 0 aromatic heterocycles. The van der Waals surface area contributed by atoms with E-state index in [2.05, 4.69) is 21.9 Å². The van der Waals surface area contributed by atoms with E-state index < -0.39 is 5.60 Å². The van der Waals surface area contributed by atoms with Gasteiger partial charge < -0.3 is 5.11 Å². The van der Waals surface area contributed by atoms with Crippen LogP contribution in [0, 0.1) is 12.3 Å². The highest BCUT2D eigenvalue weighted by atomic mass is 79.9. The van der Waals surface area contributed by atoms with Crippen LogP contribution >= 0.6 is 15.9 Å². The molecule has 1 unspecified atom stereocenters. The maximum Gasteiger partial charge on any atom is 0.125 e. The third-order valence-electron chi connectivity index (χ3n) is 1.36. The van der Waals surface area contributed by atoms with Gasteiger partial charge in [-0.2, -0.15) is 0 Å². The monoisotopic (exact) mass is 190 g/mol. The van der Waals surface area contributed by atoms with Crippen LogP contribution in [-0.2, 0) is 0 Å². The fourth-order valence-corrected chi connectivity index (χ4v) is 1.16. The van der Waals surface area contributed by atoms with Crippen molar-refractivity contribution >= 4 is 15.9 Å². The van der Waals surface area contributed by atoms with Gasteiger partial charge >= 0.3 is 0 Å². The zero-order valence-corrected chi connectivity index (χ0v) is 7.11. The molecule has 0 aromatic carbocycles. The van der Waals surface area contributed by atoms with Crippen LogP contribution in [0.5, 0.6) is 0 Å². The molecule has 0 fully saturated rings. The quantitative estimate of drug-likeness (QED) is 0.530. The standard InChI is InChI=1S/C7H11BrO/c1-3-7(9,4-2)5-6-8/h1,9H,4-6H2,2H3. The Kier molecular flexibility index (Phi) is 3.92. The van der Waals surface area contributed by atoms with Gasteiger partial charge in [-0.15, -0.1) is 6.42 Å². The number of terminal acetylenes is 1. The largest absolute Gasteiger partial charge is 0.378 e. The zero-order valence-electron chi connectivity index (χ0n) is 5.52. The van der Waals surface area contributed by atoms with Gasteiger partial charge in [-0.25, -0.2) is 0 Å². The van der Waals surface area contributed by atoms with E-state index >= 15 is 0 Å². The van der Waals surface area contributed by atoms with Crippen LogP contribution in [0.4, 0.5) is 0 Å². The first-order valence-electron chi connectivity index (χ1n) is 2.94. The van der Waals surface area contributed by atoms with Crippen LogP contribution in [-0.4, -0.2) is 16.0 Å². The predicted octanol–water partition coefficient (Wildman–Crippen LogP) is 1.55. The first-order valence-corrected chi connectivity index (χ1v) is 4.07. The maximum absolute atomic E-state index is 9.36. The molecule has 0 bridgehead atoms. The summed E-state index contributed by atoms with van der Waals surface area (Å²) in [6.07, 6.45) is 6.33. The van der Waals surface area contributed by atoms with E-state index in [-0.39, 0.29) is 0 Å². The molecule has 0 aliphatic rings. The van der Waals surface area contributed by atoms with Crippen LogP contribution in [0.25, 0.3) is 0 Å². The lowest BCUT2D eigenvalue weighted by atomic mass is 9.99. The lowest BCUT2D eigenvalue weighted by Gasteiger charge is -2.17. The highest BCUT2D eigenvalue weighted by Crippen LogP contribution is 2.14. The average Bonchev–Trinajstić information content (AvgIpc) is 1.89. The molecule has 0 amide bonds. The summed E-state index contributed by atoms with van der Waals surface area (Å²) in [7, 11) is 0. The maximum atomic E-state index is 9.36. The van der Waals surface area contributed by atoms with Crippen LogP contribution in [0.15, 0.2) is 0 Å². The van der Waals surface area contributed by atoms with Crippen molar-refractivity contribution in [1.82, 2.24) is 0 Å². The molecule has 0 saturated carbocycles. The Balaban J connectivity index is 3.81. The number of aliphatic hydroxyl groups is 1. The zero-order chi connectivity index (χ0) is 7.33. The SMILES string of the molecule is C#CC(O)(CC)CCBr. The second kappa shape index (κ2) is 3.92. The summed E-state index contributed by atoms with van der Waals surface area (Å²) >= 11 is 3.21. The van der Waals surface area contributed by atoms with Gasteiger partial charge in [-0.3, -0.25) is 0 Å². The van der Waals surface area contributed by atoms with Crippen LogP contribution in [0.2, 0.25) is 0 Å². The van der Waals surface area contributed by atoms with Crippen molar-refractivity contribution in [2.24, 2.45) is 0 Å². The van der Waals surface area contributed by atoms with Crippen molar-refractivity contribution in [3.63, 3.8) is 0 Å². The van der Waals surface area contributed by atoms with Gasteiger partial charge in [0.2, 0.25) is 0 Å². The molecular formula is C7H11BrO. The molecule has 0 aliphatic carbocycles. The Morgan fingerprint density at radius 2 is 2.33 bits per heavy atom. The van der Waals surface area contributed by atoms with Crippen LogP contribution in [0.1, 0.15) is 19.8 Å². The summed E-state index contributed by atoms with van der Waals surface area (Å²) in [6, 6.07) is 0. The lowest BCUT2D eigenvalue weighted by molar-refractivity contribution is 0.0949. The van der Waals surface area contributed by atoms with E-state index in [1.165, 1.54) is 0 Å². The molecule has 0 spiro atoms. The number of hydrogen-bond acceptors (Lipinski definition) is 1. The molecule has 0 aromatic rings. The molecule has 0 radical (unpaired) electrons. The fourth-order valence-electron chi connectivity index (χ4n) is 0.507. The Morgan fingerprint density at radius 1 is 1.78 bits per heavy atom. The highest BCUT2D eigenvalue weighted by molar-refractivity contribution is 9.09. The average molecular weight is 191 g/mol. The summed E-state index contributed by atoms with van der Waals surface area (Å²) in [5, 5.41) is 10.1. The molecule has 1 nitrogen and oxygen atoms in total. The third-order valence-corrected chi connectivity index (χ3v) is 1.76. The molecule has 52 valence electrons. The van der Waals surface area contributed by atoms with Crippen molar-refractivity contribution in [3.8, 4) is 12.3 Å². The first-order chi connectivity index (χ1) is 4.18. The van der Waals surface area contributed by atoms with Gasteiger partial charge in [0, 0.05) is 5.33 Å². The summed E-state index contributed by atoms with van der Waals surface area (Å²) in [5.74, 6) is 2.35. The van der Waals surface area contributed by atoms with Gasteiger partial charge in [0.25, 0.3) is 0 Å². The van der Waals surface area contributed by atoms with E-state index in [4.69, 9.17) is 6.42 Å². The van der Waals surface area contributed by atoms with Gasteiger partial charge in [0.1, 0.15) is 5.60 Å².